The van der Waals surface area contributed by atoms with E-state index < -0.39 is 0 Å². The van der Waals surface area contributed by atoms with Gasteiger partial charge in [-0.1, -0.05) is 18.6 Å². The third-order valence-electron chi connectivity index (χ3n) is 4.74. The van der Waals surface area contributed by atoms with Gasteiger partial charge in [-0.15, -0.1) is 0 Å². The zero-order chi connectivity index (χ0) is 19.4. The van der Waals surface area contributed by atoms with Gasteiger partial charge < -0.3 is 4.90 Å². The molecule has 2 aromatic rings. The summed E-state index contributed by atoms with van der Waals surface area (Å²) in [6.07, 6.45) is 4.52. The highest BCUT2D eigenvalue weighted by molar-refractivity contribution is 6.21. The SMILES string of the molecule is CN(Cc1ccn(C)n1)C(=O)CCCCCN1C(=O)c2ccccc2C1=O. The maximum Gasteiger partial charge on any atom is 0.261 e. The van der Waals surface area contributed by atoms with Gasteiger partial charge in [0.05, 0.1) is 23.4 Å². The Morgan fingerprint density at radius 3 is 2.30 bits per heavy atom. The van der Waals surface area contributed by atoms with E-state index in [-0.39, 0.29) is 17.7 Å². The number of nitrogens with zero attached hydrogens (tertiary/aromatic N) is 4. The first-order valence-corrected chi connectivity index (χ1v) is 9.15. The van der Waals surface area contributed by atoms with Gasteiger partial charge in [0.2, 0.25) is 5.91 Å². The molecular weight excluding hydrogens is 344 g/mol. The zero-order valence-corrected chi connectivity index (χ0v) is 15.7. The number of imide groups is 1. The average Bonchev–Trinajstić information content (AvgIpc) is 3.17. The molecule has 1 aromatic heterocycles. The molecule has 1 aliphatic heterocycles. The van der Waals surface area contributed by atoms with Crippen LogP contribution in [-0.2, 0) is 18.4 Å². The molecule has 2 heterocycles. The van der Waals surface area contributed by atoms with Crippen LogP contribution in [0.1, 0.15) is 52.1 Å². The fourth-order valence-corrected chi connectivity index (χ4v) is 3.23. The van der Waals surface area contributed by atoms with E-state index in [2.05, 4.69) is 5.10 Å². The molecule has 0 fully saturated rings. The fourth-order valence-electron chi connectivity index (χ4n) is 3.23. The first-order chi connectivity index (χ1) is 13.0. The van der Waals surface area contributed by atoms with Gasteiger partial charge in [0.1, 0.15) is 0 Å². The summed E-state index contributed by atoms with van der Waals surface area (Å²) in [5.74, 6) is -0.370. The molecule has 3 amide bonds. The van der Waals surface area contributed by atoms with Crippen molar-refractivity contribution in [1.29, 1.82) is 0 Å². The molecule has 1 aromatic carbocycles. The highest BCUT2D eigenvalue weighted by atomic mass is 16.2. The predicted octanol–water partition coefficient (Wildman–Crippen LogP) is 2.24. The Labute approximate surface area is 158 Å². The topological polar surface area (TPSA) is 75.5 Å². The number of carbonyl (C=O) groups excluding carboxylic acids is 3. The van der Waals surface area contributed by atoms with Crippen molar-refractivity contribution in [2.24, 2.45) is 7.05 Å². The number of carbonyl (C=O) groups is 3. The monoisotopic (exact) mass is 368 g/mol. The lowest BCUT2D eigenvalue weighted by atomic mass is 10.1. The first kappa shape index (κ1) is 18.8. The summed E-state index contributed by atoms with van der Waals surface area (Å²) in [6, 6.07) is 8.80. The Morgan fingerprint density at radius 2 is 1.70 bits per heavy atom. The molecule has 0 radical (unpaired) electrons. The van der Waals surface area contributed by atoms with Gasteiger partial charge >= 0.3 is 0 Å². The van der Waals surface area contributed by atoms with Crippen molar-refractivity contribution in [3.05, 3.63) is 53.3 Å². The number of rotatable bonds is 8. The Morgan fingerprint density at radius 1 is 1.04 bits per heavy atom. The molecule has 0 unspecified atom stereocenters. The predicted molar refractivity (Wildman–Crippen MR) is 100.0 cm³/mol. The van der Waals surface area contributed by atoms with E-state index >= 15 is 0 Å². The molecule has 0 N–H and O–H groups in total. The lowest BCUT2D eigenvalue weighted by Gasteiger charge is -2.16. The van der Waals surface area contributed by atoms with Crippen LogP contribution in [0, 0.1) is 0 Å². The smallest absolute Gasteiger partial charge is 0.261 e. The van der Waals surface area contributed by atoms with Crippen LogP contribution in [0.15, 0.2) is 36.5 Å². The normalized spacial score (nSPS) is 13.2. The number of unbranched alkanes of at least 4 members (excludes halogenated alkanes) is 2. The number of fused-ring (bicyclic) bond motifs is 1. The number of hydrogen-bond acceptors (Lipinski definition) is 4. The van der Waals surface area contributed by atoms with Gasteiger partial charge in [-0.25, -0.2) is 0 Å². The van der Waals surface area contributed by atoms with E-state index in [4.69, 9.17) is 0 Å². The van der Waals surface area contributed by atoms with E-state index in [0.717, 1.165) is 18.5 Å². The summed E-state index contributed by atoms with van der Waals surface area (Å²) in [5, 5.41) is 4.27. The number of aromatic nitrogens is 2. The molecule has 7 heteroatoms. The van der Waals surface area contributed by atoms with Crippen LogP contribution < -0.4 is 0 Å². The molecule has 0 saturated carbocycles. The lowest BCUT2D eigenvalue weighted by Crippen LogP contribution is -2.30. The van der Waals surface area contributed by atoms with Crippen LogP contribution in [0.2, 0.25) is 0 Å². The Balaban J connectivity index is 1.38. The zero-order valence-electron chi connectivity index (χ0n) is 15.7. The number of hydrogen-bond donors (Lipinski definition) is 0. The summed E-state index contributed by atoms with van der Waals surface area (Å²) >= 11 is 0. The van der Waals surface area contributed by atoms with Gasteiger partial charge in [-0.05, 0) is 31.0 Å². The van der Waals surface area contributed by atoms with Crippen molar-refractivity contribution in [3.63, 3.8) is 0 Å². The first-order valence-electron chi connectivity index (χ1n) is 9.15. The average molecular weight is 368 g/mol. The molecule has 27 heavy (non-hydrogen) atoms. The van der Waals surface area contributed by atoms with Gasteiger partial charge in [-0.3, -0.25) is 24.0 Å². The van der Waals surface area contributed by atoms with E-state index in [1.807, 2.05) is 19.3 Å². The van der Waals surface area contributed by atoms with Crippen molar-refractivity contribution in [2.75, 3.05) is 13.6 Å². The van der Waals surface area contributed by atoms with Crippen molar-refractivity contribution in [3.8, 4) is 0 Å². The molecule has 142 valence electrons. The highest BCUT2D eigenvalue weighted by Gasteiger charge is 2.34. The van der Waals surface area contributed by atoms with Crippen LogP contribution in [0.5, 0.6) is 0 Å². The van der Waals surface area contributed by atoms with Crippen LogP contribution in [-0.4, -0.2) is 50.9 Å². The number of benzene rings is 1. The van der Waals surface area contributed by atoms with Gasteiger partial charge in [0.25, 0.3) is 11.8 Å². The second-order valence-electron chi connectivity index (χ2n) is 6.85. The number of aryl methyl sites for hydroxylation is 1. The molecular formula is C20H24N4O3. The number of amides is 3. The van der Waals surface area contributed by atoms with Crippen LogP contribution >= 0.6 is 0 Å². The van der Waals surface area contributed by atoms with Crippen molar-refractivity contribution in [1.82, 2.24) is 19.6 Å². The minimum Gasteiger partial charge on any atom is -0.340 e. The van der Waals surface area contributed by atoms with Crippen LogP contribution in [0.3, 0.4) is 0 Å². The quantitative estimate of drug-likeness (QED) is 0.529. The van der Waals surface area contributed by atoms with E-state index in [9.17, 15) is 14.4 Å². The molecule has 0 saturated heterocycles. The molecule has 0 bridgehead atoms. The van der Waals surface area contributed by atoms with Gasteiger partial charge in [-0.2, -0.15) is 5.10 Å². The molecule has 0 spiro atoms. The summed E-state index contributed by atoms with van der Waals surface area (Å²) in [6.45, 7) is 0.888. The maximum atomic E-state index is 12.3. The molecule has 3 rings (SSSR count). The fraction of sp³-hybridized carbons (Fsp3) is 0.400. The summed E-state index contributed by atoms with van der Waals surface area (Å²) < 4.78 is 1.72. The Kier molecular flexibility index (Phi) is 5.69. The van der Waals surface area contributed by atoms with Crippen molar-refractivity contribution < 1.29 is 14.4 Å². The standard InChI is InChI=1S/C20H24N4O3/c1-22(14-15-11-13-23(2)21-15)18(25)10-4-3-7-12-24-19(26)16-8-5-6-9-17(16)20(24)27/h5-6,8-9,11,13H,3-4,7,10,12,14H2,1-2H3. The molecule has 1 aliphatic rings. The maximum absolute atomic E-state index is 12.3. The minimum atomic E-state index is -0.221. The molecule has 7 nitrogen and oxygen atoms in total. The molecule has 0 atom stereocenters. The minimum absolute atomic E-state index is 0.0707. The van der Waals surface area contributed by atoms with Crippen LogP contribution in [0.4, 0.5) is 0 Å². The van der Waals surface area contributed by atoms with E-state index in [1.54, 1.807) is 40.9 Å². The summed E-state index contributed by atoms with van der Waals surface area (Å²) in [7, 11) is 3.62. The Hall–Kier alpha value is -2.96. The van der Waals surface area contributed by atoms with E-state index in [0.29, 0.717) is 37.1 Å². The summed E-state index contributed by atoms with van der Waals surface area (Å²) in [4.78, 5) is 39.7. The largest absolute Gasteiger partial charge is 0.340 e. The summed E-state index contributed by atoms with van der Waals surface area (Å²) in [5.41, 5.74) is 1.82. The van der Waals surface area contributed by atoms with Crippen molar-refractivity contribution in [2.45, 2.75) is 32.2 Å². The second-order valence-corrected chi connectivity index (χ2v) is 6.85. The third-order valence-corrected chi connectivity index (χ3v) is 4.74. The third kappa shape index (κ3) is 4.24. The Bertz CT molecular complexity index is 823. The van der Waals surface area contributed by atoms with E-state index in [1.165, 1.54) is 4.90 Å². The van der Waals surface area contributed by atoms with Crippen LogP contribution in [0.25, 0.3) is 0 Å². The molecule has 0 aliphatic carbocycles. The lowest BCUT2D eigenvalue weighted by molar-refractivity contribution is -0.130. The second kappa shape index (κ2) is 8.16. The van der Waals surface area contributed by atoms with Gasteiger partial charge in [0, 0.05) is 33.3 Å². The van der Waals surface area contributed by atoms with Gasteiger partial charge in [0.15, 0.2) is 0 Å². The highest BCUT2D eigenvalue weighted by Crippen LogP contribution is 2.22. The van der Waals surface area contributed by atoms with Crippen molar-refractivity contribution >= 4 is 17.7 Å².